The number of aromatic nitrogens is 1. The topological polar surface area (TPSA) is 12.9 Å². The van der Waals surface area contributed by atoms with Gasteiger partial charge in [-0.2, -0.15) is 0 Å². The average Bonchev–Trinajstić information content (AvgIpc) is 2.23. The summed E-state index contributed by atoms with van der Waals surface area (Å²) in [6.45, 7) is 4.12. The fourth-order valence-corrected chi connectivity index (χ4v) is 2.13. The van der Waals surface area contributed by atoms with Crippen molar-refractivity contribution in [3.05, 3.63) is 39.0 Å². The summed E-state index contributed by atoms with van der Waals surface area (Å²) in [5.41, 5.74) is 1.59. The molecule has 4 heteroatoms. The van der Waals surface area contributed by atoms with Crippen LogP contribution in [0.15, 0.2) is 18.2 Å². The smallest absolute Gasteiger partial charge is 0.0921 e. The maximum Gasteiger partial charge on any atom is 0.0921 e. The lowest BCUT2D eigenvalue weighted by Gasteiger charge is -2.09. The van der Waals surface area contributed by atoms with Crippen LogP contribution in [0.5, 0.6) is 0 Å². The maximum absolute atomic E-state index is 6.19. The number of hydrogen-bond acceptors (Lipinski definition) is 1. The van der Waals surface area contributed by atoms with Gasteiger partial charge in [-0.15, -0.1) is 0 Å². The minimum atomic E-state index is 0.303. The van der Waals surface area contributed by atoms with Crippen molar-refractivity contribution >= 4 is 45.7 Å². The van der Waals surface area contributed by atoms with Gasteiger partial charge in [0.2, 0.25) is 0 Å². The second-order valence-electron chi connectivity index (χ2n) is 3.94. The molecule has 0 radical (unpaired) electrons. The van der Waals surface area contributed by atoms with Crippen LogP contribution in [0.3, 0.4) is 0 Å². The third-order valence-corrected chi connectivity index (χ3v) is 3.54. The predicted octanol–water partition coefficient (Wildman–Crippen LogP) is 5.32. The van der Waals surface area contributed by atoms with Gasteiger partial charge in [-0.05, 0) is 24.1 Å². The Morgan fingerprint density at radius 2 is 1.75 bits per heavy atom. The molecule has 2 aromatic rings. The number of benzene rings is 1. The summed E-state index contributed by atoms with van der Waals surface area (Å²) < 4.78 is 0. The van der Waals surface area contributed by atoms with E-state index in [9.17, 15) is 0 Å². The van der Waals surface area contributed by atoms with E-state index in [1.54, 1.807) is 6.07 Å². The number of nitrogens with zero attached hydrogens (tertiary/aromatic N) is 1. The summed E-state index contributed by atoms with van der Waals surface area (Å²) in [6.07, 6.45) is 0. The molecule has 0 bridgehead atoms. The largest absolute Gasteiger partial charge is 0.251 e. The highest BCUT2D eigenvalue weighted by Gasteiger charge is 2.11. The third kappa shape index (κ3) is 2.00. The van der Waals surface area contributed by atoms with E-state index in [0.29, 0.717) is 26.5 Å². The molecule has 0 N–H and O–H groups in total. The maximum atomic E-state index is 6.19. The number of pyridine rings is 1. The quantitative estimate of drug-likeness (QED) is 0.686. The summed E-state index contributed by atoms with van der Waals surface area (Å²) in [5.74, 6) is 0.303. The normalized spacial score (nSPS) is 11.4. The lowest BCUT2D eigenvalue weighted by molar-refractivity contribution is 0.830. The summed E-state index contributed by atoms with van der Waals surface area (Å²) in [7, 11) is 0. The lowest BCUT2D eigenvalue weighted by Crippen LogP contribution is -1.94. The minimum Gasteiger partial charge on any atom is -0.251 e. The van der Waals surface area contributed by atoms with E-state index in [1.165, 1.54) is 0 Å². The molecule has 0 aliphatic carbocycles. The van der Waals surface area contributed by atoms with Gasteiger partial charge in [0.15, 0.2) is 0 Å². The van der Waals surface area contributed by atoms with Crippen LogP contribution in [0.4, 0.5) is 0 Å². The first-order valence-electron chi connectivity index (χ1n) is 4.95. The van der Waals surface area contributed by atoms with Gasteiger partial charge in [0.05, 0.1) is 20.6 Å². The fourth-order valence-electron chi connectivity index (χ4n) is 1.51. The molecule has 84 valence electrons. The zero-order chi connectivity index (χ0) is 11.9. The second kappa shape index (κ2) is 4.40. The van der Waals surface area contributed by atoms with Crippen LogP contribution in [0.2, 0.25) is 15.1 Å². The van der Waals surface area contributed by atoms with Gasteiger partial charge >= 0.3 is 0 Å². The van der Waals surface area contributed by atoms with E-state index in [2.05, 4.69) is 18.8 Å². The van der Waals surface area contributed by atoms with Crippen molar-refractivity contribution in [2.75, 3.05) is 0 Å². The van der Waals surface area contributed by atoms with Crippen molar-refractivity contribution in [1.82, 2.24) is 4.98 Å². The van der Waals surface area contributed by atoms with E-state index in [4.69, 9.17) is 34.8 Å². The number of hydrogen-bond donors (Lipinski definition) is 0. The zero-order valence-electron chi connectivity index (χ0n) is 8.89. The highest BCUT2D eigenvalue weighted by Crippen LogP contribution is 2.34. The number of fused-ring (bicyclic) bond motifs is 1. The van der Waals surface area contributed by atoms with Crippen molar-refractivity contribution in [2.24, 2.45) is 0 Å². The highest BCUT2D eigenvalue weighted by atomic mass is 35.5. The molecule has 0 aliphatic heterocycles. The molecule has 0 unspecified atom stereocenters. The number of rotatable bonds is 1. The molecular formula is C12H10Cl3N. The van der Waals surface area contributed by atoms with Crippen molar-refractivity contribution < 1.29 is 0 Å². The van der Waals surface area contributed by atoms with Crippen molar-refractivity contribution in [1.29, 1.82) is 0 Å². The molecule has 1 heterocycles. The third-order valence-electron chi connectivity index (χ3n) is 2.43. The Bertz CT molecular complexity index is 549. The molecule has 1 aromatic heterocycles. The van der Waals surface area contributed by atoms with E-state index < -0.39 is 0 Å². The van der Waals surface area contributed by atoms with Gasteiger partial charge < -0.3 is 0 Å². The van der Waals surface area contributed by atoms with Crippen molar-refractivity contribution in [3.63, 3.8) is 0 Å². The van der Waals surface area contributed by atoms with Gasteiger partial charge in [0.1, 0.15) is 0 Å². The summed E-state index contributed by atoms with van der Waals surface area (Å²) >= 11 is 18.3. The monoisotopic (exact) mass is 273 g/mol. The van der Waals surface area contributed by atoms with Gasteiger partial charge in [-0.3, -0.25) is 4.98 Å². The molecule has 2 rings (SSSR count). The zero-order valence-corrected chi connectivity index (χ0v) is 11.2. The fraction of sp³-hybridized carbons (Fsp3) is 0.250. The Hall–Kier alpha value is -0.500. The van der Waals surface area contributed by atoms with Crippen molar-refractivity contribution in [2.45, 2.75) is 19.8 Å². The van der Waals surface area contributed by atoms with Gasteiger partial charge in [-0.25, -0.2) is 0 Å². The average molecular weight is 275 g/mol. The molecule has 0 fully saturated rings. The Labute approximate surface area is 109 Å². The molecule has 0 saturated heterocycles. The summed E-state index contributed by atoms with van der Waals surface area (Å²) in [6, 6.07) is 5.44. The van der Waals surface area contributed by atoms with Crippen LogP contribution < -0.4 is 0 Å². The van der Waals surface area contributed by atoms with E-state index in [1.807, 2.05) is 12.1 Å². The van der Waals surface area contributed by atoms with Crippen LogP contribution in [0.1, 0.15) is 25.5 Å². The molecule has 1 aromatic carbocycles. The van der Waals surface area contributed by atoms with Crippen LogP contribution in [-0.4, -0.2) is 4.98 Å². The highest BCUT2D eigenvalue weighted by molar-refractivity contribution is 6.46. The van der Waals surface area contributed by atoms with Crippen LogP contribution in [-0.2, 0) is 0 Å². The lowest BCUT2D eigenvalue weighted by atomic mass is 10.1. The molecule has 16 heavy (non-hydrogen) atoms. The first-order chi connectivity index (χ1) is 7.50. The van der Waals surface area contributed by atoms with Gasteiger partial charge in [0.25, 0.3) is 0 Å². The molecule has 0 aliphatic rings. The van der Waals surface area contributed by atoms with Gasteiger partial charge in [0, 0.05) is 11.1 Å². The molecule has 1 nitrogen and oxygen atoms in total. The van der Waals surface area contributed by atoms with Gasteiger partial charge in [-0.1, -0.05) is 48.7 Å². The Balaban J connectivity index is 2.83. The first kappa shape index (κ1) is 12.0. The second-order valence-corrected chi connectivity index (χ2v) is 5.13. The molecule has 0 amide bonds. The molecule has 0 saturated carbocycles. The van der Waals surface area contributed by atoms with Crippen LogP contribution in [0.25, 0.3) is 10.9 Å². The molecule has 0 atom stereocenters. The Kier molecular flexibility index (Phi) is 3.29. The predicted molar refractivity (Wildman–Crippen MR) is 70.9 cm³/mol. The van der Waals surface area contributed by atoms with E-state index in [0.717, 1.165) is 11.1 Å². The summed E-state index contributed by atoms with van der Waals surface area (Å²) in [5, 5.41) is 2.45. The van der Waals surface area contributed by atoms with E-state index >= 15 is 0 Å². The SMILES string of the molecule is CC(C)c1cc(Cl)c2ccc(Cl)c(Cl)c2n1. The first-order valence-corrected chi connectivity index (χ1v) is 6.08. The molecular weight excluding hydrogens is 264 g/mol. The standard InChI is InChI=1S/C12H10Cl3N/c1-6(2)10-5-9(14)7-3-4-8(13)11(15)12(7)16-10/h3-6H,1-2H3. The van der Waals surface area contributed by atoms with Crippen molar-refractivity contribution in [3.8, 4) is 0 Å². The number of halogens is 3. The Morgan fingerprint density at radius 3 is 2.38 bits per heavy atom. The Morgan fingerprint density at radius 1 is 1.06 bits per heavy atom. The van der Waals surface area contributed by atoms with E-state index in [-0.39, 0.29) is 0 Å². The summed E-state index contributed by atoms with van der Waals surface area (Å²) in [4.78, 5) is 4.50. The molecule has 0 spiro atoms. The van der Waals surface area contributed by atoms with Crippen LogP contribution >= 0.6 is 34.8 Å². The minimum absolute atomic E-state index is 0.303. The van der Waals surface area contributed by atoms with Crippen LogP contribution in [0, 0.1) is 0 Å².